The van der Waals surface area contributed by atoms with Crippen LogP contribution in [-0.4, -0.2) is 12.8 Å². The van der Waals surface area contributed by atoms with Crippen molar-refractivity contribution >= 4 is 23.5 Å². The average molecular weight is 403 g/mol. The Labute approximate surface area is 115 Å². The molecule has 4 heteroatoms. The van der Waals surface area contributed by atoms with Crippen molar-refractivity contribution in [3.05, 3.63) is 40.6 Å². The maximum Gasteiger partial charge on any atom is 2.00 e. The van der Waals surface area contributed by atoms with Gasteiger partial charge in [0.15, 0.2) is 0 Å². The molecule has 0 unspecified atom stereocenters. The Balaban J connectivity index is 0.00000128. The summed E-state index contributed by atoms with van der Waals surface area (Å²) in [6.45, 7) is 2.65. The maximum atomic E-state index is 5.93. The van der Waals surface area contributed by atoms with Gasteiger partial charge in [-0.1, -0.05) is 35.8 Å². The first-order valence-electron chi connectivity index (χ1n) is 4.83. The molecule has 1 heterocycles. The fraction of sp³-hybridized carbons (Fsp3) is 0.250. The predicted molar refractivity (Wildman–Crippen MR) is 63.5 cm³/mol. The molecular weight excluding hydrogens is 391 g/mol. The third kappa shape index (κ3) is 3.20. The molecule has 2 rings (SSSR count). The molecule has 1 aliphatic heterocycles. The van der Waals surface area contributed by atoms with E-state index in [1.807, 2.05) is 18.2 Å². The van der Waals surface area contributed by atoms with Crippen LogP contribution in [0.25, 0.3) is 0 Å². The molecule has 0 fully saturated rings. The molecule has 1 aromatic carbocycles. The fourth-order valence-corrected chi connectivity index (χ4v) is 1.70. The zero-order valence-corrected chi connectivity index (χ0v) is 12.6. The summed E-state index contributed by atoms with van der Waals surface area (Å²) in [5.74, 6) is 0. The zero-order valence-electron chi connectivity index (χ0n) is 8.88. The number of aliphatic imine (C=N–C) groups is 1. The molecule has 0 bridgehead atoms. The van der Waals surface area contributed by atoms with Crippen molar-refractivity contribution in [2.45, 2.75) is 13.3 Å². The second kappa shape index (κ2) is 6.22. The summed E-state index contributed by atoms with van der Waals surface area (Å²) in [6, 6.07) is 5.72. The van der Waals surface area contributed by atoms with Gasteiger partial charge in [-0.05, 0) is 11.6 Å². The zero-order chi connectivity index (χ0) is 10.7. The molecule has 0 saturated heterocycles. The normalized spacial score (nSPS) is 14.5. The molecule has 0 aliphatic carbocycles. The Morgan fingerprint density at radius 2 is 2.31 bits per heavy atom. The van der Waals surface area contributed by atoms with Crippen LogP contribution in [0.15, 0.2) is 28.9 Å². The Morgan fingerprint density at radius 1 is 1.50 bits per heavy atom. The Bertz CT molecular complexity index is 427. The molecule has 82 valence electrons. The van der Waals surface area contributed by atoms with E-state index < -0.39 is 0 Å². The van der Waals surface area contributed by atoms with Gasteiger partial charge in [0.1, 0.15) is 0 Å². The van der Waals surface area contributed by atoms with Crippen LogP contribution in [0, 0.1) is 6.08 Å². The van der Waals surface area contributed by atoms with E-state index in [4.69, 9.17) is 11.6 Å². The van der Waals surface area contributed by atoms with Gasteiger partial charge in [0.25, 0.3) is 0 Å². The second-order valence-electron chi connectivity index (χ2n) is 3.27. The van der Waals surface area contributed by atoms with Crippen LogP contribution in [0.3, 0.4) is 0 Å². The number of rotatable bonds is 1. The molecule has 0 radical (unpaired) electrons. The van der Waals surface area contributed by atoms with Gasteiger partial charge >= 0.3 is 21.1 Å². The number of benzene rings is 1. The smallest absolute Gasteiger partial charge is 0.473 e. The summed E-state index contributed by atoms with van der Waals surface area (Å²) < 4.78 is 0. The number of fused-ring (bicyclic) bond motifs is 1. The minimum Gasteiger partial charge on any atom is -0.473 e. The van der Waals surface area contributed by atoms with Crippen LogP contribution in [0.2, 0.25) is 5.02 Å². The molecule has 0 amide bonds. The van der Waals surface area contributed by atoms with Gasteiger partial charge in [-0.2, -0.15) is 17.5 Å². The van der Waals surface area contributed by atoms with E-state index in [0.717, 1.165) is 29.9 Å². The molecule has 2 nitrogen and oxygen atoms in total. The van der Waals surface area contributed by atoms with Crippen LogP contribution in [0.5, 0.6) is 0 Å². The van der Waals surface area contributed by atoms with Crippen LogP contribution in [0.1, 0.15) is 18.9 Å². The van der Waals surface area contributed by atoms with E-state index in [0.29, 0.717) is 5.02 Å². The summed E-state index contributed by atoms with van der Waals surface area (Å²) in [6.07, 6.45) is 6.87. The van der Waals surface area contributed by atoms with Gasteiger partial charge in [0.2, 0.25) is 0 Å². The van der Waals surface area contributed by atoms with Gasteiger partial charge in [-0.25, -0.2) is 0 Å². The number of nitrogens with one attached hydrogen (secondary N) is 1. The molecule has 16 heavy (non-hydrogen) atoms. The molecule has 0 saturated carbocycles. The molecule has 0 aromatic heterocycles. The second-order valence-corrected chi connectivity index (χ2v) is 3.71. The van der Waals surface area contributed by atoms with Crippen molar-refractivity contribution < 1.29 is 21.1 Å². The van der Waals surface area contributed by atoms with Crippen molar-refractivity contribution in [1.82, 2.24) is 0 Å². The maximum absolute atomic E-state index is 5.93. The van der Waals surface area contributed by atoms with Crippen molar-refractivity contribution in [3.8, 4) is 0 Å². The van der Waals surface area contributed by atoms with Crippen LogP contribution in [-0.2, 0) is 21.1 Å². The first-order chi connectivity index (χ1) is 7.29. The topological polar surface area (TPSA) is 24.4 Å². The number of halogens is 1. The number of hydrogen-bond donors (Lipinski definition) is 1. The van der Waals surface area contributed by atoms with E-state index in [-0.39, 0.29) is 21.1 Å². The Hall–Kier alpha value is -0.592. The summed E-state index contributed by atoms with van der Waals surface area (Å²) in [4.78, 5) is 4.14. The van der Waals surface area contributed by atoms with Crippen LogP contribution in [0.4, 0.5) is 5.69 Å². The summed E-state index contributed by atoms with van der Waals surface area (Å²) in [7, 11) is 0. The number of hydrogen-bond acceptors (Lipinski definition) is 2. The molecule has 0 atom stereocenters. The molecule has 1 N–H and O–H groups in total. The number of anilines is 1. The quantitative estimate of drug-likeness (QED) is 0.566. The fourth-order valence-electron chi connectivity index (χ4n) is 1.53. The summed E-state index contributed by atoms with van der Waals surface area (Å²) in [5, 5.41) is 4.03. The summed E-state index contributed by atoms with van der Waals surface area (Å²) >= 11 is 5.93. The first-order valence-corrected chi connectivity index (χ1v) is 5.21. The van der Waals surface area contributed by atoms with E-state index >= 15 is 0 Å². The van der Waals surface area contributed by atoms with E-state index in [9.17, 15) is 0 Å². The van der Waals surface area contributed by atoms with Crippen LogP contribution >= 0.6 is 11.6 Å². The van der Waals surface area contributed by atoms with E-state index in [2.05, 4.69) is 22.6 Å². The van der Waals surface area contributed by atoms with Crippen molar-refractivity contribution in [2.75, 3.05) is 11.9 Å². The first kappa shape index (κ1) is 13.5. The SMILES string of the molecule is C[C-]=NC1=[C-]c2cc(Cl)ccc2NCC1.[W+2]. The third-order valence-electron chi connectivity index (χ3n) is 2.18. The third-order valence-corrected chi connectivity index (χ3v) is 2.42. The van der Waals surface area contributed by atoms with E-state index in [1.165, 1.54) is 0 Å². The van der Waals surface area contributed by atoms with Gasteiger partial charge in [0.05, 0.1) is 0 Å². The van der Waals surface area contributed by atoms with Crippen molar-refractivity contribution in [1.29, 1.82) is 0 Å². The van der Waals surface area contributed by atoms with Gasteiger partial charge in [0, 0.05) is 0 Å². The summed E-state index contributed by atoms with van der Waals surface area (Å²) in [5.41, 5.74) is 2.93. The van der Waals surface area contributed by atoms with Gasteiger partial charge in [-0.15, -0.1) is 13.0 Å². The molecule has 0 spiro atoms. The van der Waals surface area contributed by atoms with Crippen LogP contribution < -0.4 is 5.32 Å². The van der Waals surface area contributed by atoms with Gasteiger partial charge in [-0.3, -0.25) is 6.08 Å². The monoisotopic (exact) mass is 402 g/mol. The Morgan fingerprint density at radius 3 is 3.06 bits per heavy atom. The van der Waals surface area contributed by atoms with Crippen molar-refractivity contribution in [2.24, 2.45) is 4.99 Å². The molecular formula is C12H11ClN2W. The minimum atomic E-state index is 0. The molecule has 1 aromatic rings. The Kier molecular flexibility index (Phi) is 5.24. The average Bonchev–Trinajstić information content (AvgIpc) is 2.39. The standard InChI is InChI=1S/C12H11ClN2.W/c1-2-14-11-5-6-15-12-4-3-10(13)7-9(12)8-11;/h3-4,7,15H,5-6H2,1H3;/q-2;+2. The predicted octanol–water partition coefficient (Wildman–Crippen LogP) is 3.16. The minimum absolute atomic E-state index is 0. The number of nitrogens with zero attached hydrogens (tertiary/aromatic N) is 1. The largest absolute Gasteiger partial charge is 2.00 e. The molecule has 1 aliphatic rings. The van der Waals surface area contributed by atoms with Crippen molar-refractivity contribution in [3.63, 3.8) is 0 Å². The van der Waals surface area contributed by atoms with Gasteiger partial charge < -0.3 is 10.3 Å². The van der Waals surface area contributed by atoms with E-state index in [1.54, 1.807) is 6.92 Å².